The van der Waals surface area contributed by atoms with Gasteiger partial charge in [-0.05, 0) is 43.7 Å². The van der Waals surface area contributed by atoms with Gasteiger partial charge in [-0.1, -0.05) is 35.5 Å². The van der Waals surface area contributed by atoms with E-state index in [2.05, 4.69) is 5.16 Å². The minimum Gasteiger partial charge on any atom is -0.507 e. The summed E-state index contributed by atoms with van der Waals surface area (Å²) in [4.78, 5) is 27.1. The smallest absolute Gasteiger partial charge is 0.301 e. The Bertz CT molecular complexity index is 1120. The second-order valence-electron chi connectivity index (χ2n) is 6.83. The average Bonchev–Trinajstić information content (AvgIpc) is 3.30. The number of ether oxygens (including phenoxy) is 1. The van der Waals surface area contributed by atoms with Crippen LogP contribution >= 0.6 is 0 Å². The van der Waals surface area contributed by atoms with Gasteiger partial charge in [0.25, 0.3) is 5.78 Å². The van der Waals surface area contributed by atoms with E-state index >= 15 is 0 Å². The third-order valence-corrected chi connectivity index (χ3v) is 4.86. The van der Waals surface area contributed by atoms with Crippen molar-refractivity contribution in [2.75, 3.05) is 11.5 Å². The van der Waals surface area contributed by atoms with E-state index in [9.17, 15) is 14.7 Å². The Labute approximate surface area is 173 Å². The van der Waals surface area contributed by atoms with E-state index in [0.717, 1.165) is 0 Å². The van der Waals surface area contributed by atoms with Gasteiger partial charge in [0.15, 0.2) is 5.82 Å². The Hall–Kier alpha value is -3.87. The summed E-state index contributed by atoms with van der Waals surface area (Å²) in [6.45, 7) is 4.09. The normalized spacial score (nSPS) is 18.1. The highest BCUT2D eigenvalue weighted by molar-refractivity contribution is 6.51. The quantitative estimate of drug-likeness (QED) is 0.392. The van der Waals surface area contributed by atoms with Gasteiger partial charge >= 0.3 is 5.91 Å². The van der Waals surface area contributed by atoms with Crippen molar-refractivity contribution in [3.8, 4) is 5.75 Å². The summed E-state index contributed by atoms with van der Waals surface area (Å²) in [5.74, 6) is -0.444. The summed E-state index contributed by atoms with van der Waals surface area (Å²) in [5, 5.41) is 14.9. The predicted octanol–water partition coefficient (Wildman–Crippen LogP) is 4.01. The number of aromatic nitrogens is 1. The molecule has 2 aromatic carbocycles. The number of amides is 1. The fourth-order valence-electron chi connectivity index (χ4n) is 3.52. The number of carbonyl (C=O) groups excluding carboxylic acids is 2. The van der Waals surface area contributed by atoms with Gasteiger partial charge in [0.2, 0.25) is 0 Å². The summed E-state index contributed by atoms with van der Waals surface area (Å²) >= 11 is 0. The van der Waals surface area contributed by atoms with Gasteiger partial charge in [-0.2, -0.15) is 0 Å². The Kier molecular flexibility index (Phi) is 5.10. The Morgan fingerprint density at radius 3 is 2.43 bits per heavy atom. The molecule has 0 saturated carbocycles. The van der Waals surface area contributed by atoms with Crippen molar-refractivity contribution < 1.29 is 24.0 Å². The highest BCUT2D eigenvalue weighted by Crippen LogP contribution is 2.41. The number of hydrogen-bond acceptors (Lipinski definition) is 6. The van der Waals surface area contributed by atoms with Crippen molar-refractivity contribution in [3.63, 3.8) is 0 Å². The molecule has 1 amide bonds. The van der Waals surface area contributed by atoms with Crippen LogP contribution in [0.1, 0.15) is 29.9 Å². The number of anilines is 1. The van der Waals surface area contributed by atoms with Crippen LogP contribution in [0.25, 0.3) is 5.76 Å². The summed E-state index contributed by atoms with van der Waals surface area (Å²) in [6.07, 6.45) is 0. The zero-order valence-electron chi connectivity index (χ0n) is 16.5. The molecule has 0 radical (unpaired) electrons. The monoisotopic (exact) mass is 404 g/mol. The molecule has 3 aromatic rings. The summed E-state index contributed by atoms with van der Waals surface area (Å²) in [6, 6.07) is 16.5. The Morgan fingerprint density at radius 1 is 1.13 bits per heavy atom. The Balaban J connectivity index is 1.87. The molecule has 1 N–H and O–H groups in total. The first-order chi connectivity index (χ1) is 14.5. The SMILES string of the molecule is CCOc1ccc(C(O)=C2C(=O)C(=O)N(c3cc(C)on3)[C@H]2c2ccccc2)cc1. The van der Waals surface area contributed by atoms with E-state index in [1.807, 2.05) is 13.0 Å². The number of benzene rings is 2. The number of carbonyl (C=O) groups is 2. The van der Waals surface area contributed by atoms with Crippen molar-refractivity contribution in [1.29, 1.82) is 0 Å². The van der Waals surface area contributed by atoms with Crippen LogP contribution in [0.4, 0.5) is 5.82 Å². The molecule has 2 heterocycles. The molecule has 7 heteroatoms. The molecule has 30 heavy (non-hydrogen) atoms. The first-order valence-electron chi connectivity index (χ1n) is 9.53. The molecule has 0 unspecified atom stereocenters. The molecule has 4 rings (SSSR count). The molecule has 1 atom stereocenters. The molecular weight excluding hydrogens is 384 g/mol. The molecular formula is C23H20N2O5. The maximum absolute atomic E-state index is 13.0. The summed E-state index contributed by atoms with van der Waals surface area (Å²) in [7, 11) is 0. The zero-order chi connectivity index (χ0) is 21.3. The molecule has 0 spiro atoms. The van der Waals surface area contributed by atoms with Crippen LogP contribution in [0.5, 0.6) is 5.75 Å². The molecule has 152 valence electrons. The predicted molar refractivity (Wildman–Crippen MR) is 110 cm³/mol. The number of hydrogen-bond donors (Lipinski definition) is 1. The highest BCUT2D eigenvalue weighted by atomic mass is 16.5. The molecule has 7 nitrogen and oxygen atoms in total. The van der Waals surface area contributed by atoms with Gasteiger partial charge in [0.05, 0.1) is 18.2 Å². The van der Waals surface area contributed by atoms with E-state index in [-0.39, 0.29) is 17.2 Å². The summed E-state index contributed by atoms with van der Waals surface area (Å²) < 4.78 is 10.5. The first-order valence-corrected chi connectivity index (χ1v) is 9.53. The largest absolute Gasteiger partial charge is 0.507 e. The van der Waals surface area contributed by atoms with Crippen LogP contribution in [0.2, 0.25) is 0 Å². The van der Waals surface area contributed by atoms with E-state index in [4.69, 9.17) is 9.26 Å². The van der Waals surface area contributed by atoms with Crippen LogP contribution in [0.15, 0.2) is 70.8 Å². The van der Waals surface area contributed by atoms with E-state index < -0.39 is 17.7 Å². The summed E-state index contributed by atoms with van der Waals surface area (Å²) in [5.41, 5.74) is 1.08. The van der Waals surface area contributed by atoms with Crippen molar-refractivity contribution >= 4 is 23.3 Å². The van der Waals surface area contributed by atoms with Crippen molar-refractivity contribution in [2.45, 2.75) is 19.9 Å². The number of aryl methyl sites for hydroxylation is 1. The van der Waals surface area contributed by atoms with Crippen molar-refractivity contribution in [2.24, 2.45) is 0 Å². The lowest BCUT2D eigenvalue weighted by Crippen LogP contribution is -2.29. The average molecular weight is 404 g/mol. The molecule has 1 saturated heterocycles. The molecule has 1 fully saturated rings. The van der Waals surface area contributed by atoms with E-state index in [1.165, 1.54) is 4.90 Å². The fourth-order valence-corrected chi connectivity index (χ4v) is 3.52. The lowest BCUT2D eigenvalue weighted by atomic mass is 9.95. The first kappa shape index (κ1) is 19.4. The van der Waals surface area contributed by atoms with Crippen LogP contribution in [-0.4, -0.2) is 28.6 Å². The maximum Gasteiger partial charge on any atom is 0.301 e. The molecule has 1 aliphatic rings. The van der Waals surface area contributed by atoms with Crippen molar-refractivity contribution in [1.82, 2.24) is 5.16 Å². The van der Waals surface area contributed by atoms with Crippen LogP contribution in [-0.2, 0) is 9.59 Å². The van der Waals surface area contributed by atoms with Crippen molar-refractivity contribution in [3.05, 3.63) is 83.1 Å². The highest BCUT2D eigenvalue weighted by Gasteiger charge is 2.48. The number of Topliss-reactive ketones (excluding diaryl/α,β-unsaturated/α-hetero) is 1. The van der Waals surface area contributed by atoms with Crippen LogP contribution in [0.3, 0.4) is 0 Å². The standard InChI is InChI=1S/C23H20N2O5/c1-3-29-17-11-9-16(10-12-17)21(26)19-20(15-7-5-4-6-8-15)25(23(28)22(19)27)18-13-14(2)30-24-18/h4-13,20,26H,3H2,1-2H3/t20-/m0/s1. The molecule has 0 bridgehead atoms. The van der Waals surface area contributed by atoms with Crippen LogP contribution in [0, 0.1) is 6.92 Å². The van der Waals surface area contributed by atoms with Crippen LogP contribution < -0.4 is 9.64 Å². The third kappa shape index (κ3) is 3.34. The molecule has 1 aliphatic heterocycles. The lowest BCUT2D eigenvalue weighted by Gasteiger charge is -2.22. The number of ketones is 1. The van der Waals surface area contributed by atoms with Gasteiger partial charge in [0, 0.05) is 11.6 Å². The van der Waals surface area contributed by atoms with Gasteiger partial charge in [-0.25, -0.2) is 0 Å². The number of aliphatic hydroxyl groups is 1. The second kappa shape index (κ2) is 7.87. The van der Waals surface area contributed by atoms with Gasteiger partial charge in [-0.3, -0.25) is 14.5 Å². The third-order valence-electron chi connectivity index (χ3n) is 4.86. The maximum atomic E-state index is 13.0. The number of nitrogens with zero attached hydrogens (tertiary/aromatic N) is 2. The minimum atomic E-state index is -0.831. The Morgan fingerprint density at radius 2 is 1.83 bits per heavy atom. The van der Waals surface area contributed by atoms with E-state index in [1.54, 1.807) is 61.5 Å². The van der Waals surface area contributed by atoms with Gasteiger partial charge < -0.3 is 14.4 Å². The second-order valence-corrected chi connectivity index (χ2v) is 6.83. The zero-order valence-corrected chi connectivity index (χ0v) is 16.5. The molecule has 1 aromatic heterocycles. The van der Waals surface area contributed by atoms with Gasteiger partial charge in [0.1, 0.15) is 17.3 Å². The van der Waals surface area contributed by atoms with Gasteiger partial charge in [-0.15, -0.1) is 0 Å². The number of aliphatic hydroxyl groups excluding tert-OH is 1. The lowest BCUT2D eigenvalue weighted by molar-refractivity contribution is -0.132. The fraction of sp³-hybridized carbons (Fsp3) is 0.174. The van der Waals surface area contributed by atoms with E-state index in [0.29, 0.717) is 29.2 Å². The topological polar surface area (TPSA) is 92.9 Å². The number of rotatable bonds is 5. The molecule has 0 aliphatic carbocycles. The minimum absolute atomic E-state index is 0.00369.